The molecule has 1 aromatic carbocycles. The van der Waals surface area contributed by atoms with Crippen molar-refractivity contribution in [1.82, 2.24) is 5.32 Å². The molecule has 1 aromatic heterocycles. The molecule has 0 saturated heterocycles. The molecule has 0 fully saturated rings. The first-order valence-electron chi connectivity index (χ1n) is 9.83. The fraction of sp³-hybridized carbons (Fsp3) is 0.429. The zero-order valence-electron chi connectivity index (χ0n) is 17.4. The number of carbonyl (C=O) groups is 2. The van der Waals surface area contributed by atoms with Crippen molar-refractivity contribution in [2.75, 3.05) is 23.4 Å². The Morgan fingerprint density at radius 3 is 2.55 bits per heavy atom. The zero-order valence-corrected chi connectivity index (χ0v) is 17.4. The monoisotopic (exact) mass is 438 g/mol. The molecule has 0 saturated carbocycles. The quantitative estimate of drug-likeness (QED) is 0.748. The maximum atomic E-state index is 13.0. The van der Waals surface area contributed by atoms with E-state index in [-0.39, 0.29) is 30.7 Å². The van der Waals surface area contributed by atoms with Crippen LogP contribution in [0.3, 0.4) is 0 Å². The molecule has 1 aliphatic heterocycles. The highest BCUT2D eigenvalue weighted by atomic mass is 19.4. The van der Waals surface area contributed by atoms with Gasteiger partial charge in [-0.2, -0.15) is 13.2 Å². The third-order valence-electron chi connectivity index (χ3n) is 5.41. The highest BCUT2D eigenvalue weighted by Crippen LogP contribution is 2.39. The molecule has 0 bridgehead atoms. The van der Waals surface area contributed by atoms with Crippen molar-refractivity contribution in [3.8, 4) is 0 Å². The molecule has 7 nitrogen and oxygen atoms in total. The number of carbonyl (C=O) groups excluding carboxylic acids is 2. The van der Waals surface area contributed by atoms with Gasteiger partial charge < -0.3 is 25.3 Å². The number of nitrogens with zero attached hydrogens (tertiary/aromatic N) is 2. The standard InChI is InChI=1S/C21H25F3N4O3/c1-12-11-27(20(30)18-5-4-8-31-18)17-9-14(6-7-16(17)28(12)13(2)29)15(26-3)10-19(25)21(22,23)24/h4-9,12,15,19,26H,10-11,25H2,1-3H3/t12-,15?,19?/m0/s1. The second-order valence-corrected chi connectivity index (χ2v) is 7.60. The molecule has 1 aliphatic rings. The number of nitrogens with two attached hydrogens (primary N) is 1. The molecule has 0 spiro atoms. The number of furan rings is 1. The smallest absolute Gasteiger partial charge is 0.403 e. The van der Waals surface area contributed by atoms with E-state index in [4.69, 9.17) is 10.2 Å². The maximum absolute atomic E-state index is 13.0. The lowest BCUT2D eigenvalue weighted by Crippen LogP contribution is -2.51. The summed E-state index contributed by atoms with van der Waals surface area (Å²) in [6.45, 7) is 3.46. The first kappa shape index (κ1) is 22.8. The average molecular weight is 438 g/mol. The van der Waals surface area contributed by atoms with Crippen LogP contribution in [0, 0.1) is 0 Å². The van der Waals surface area contributed by atoms with Gasteiger partial charge in [0.25, 0.3) is 5.91 Å². The third kappa shape index (κ3) is 4.59. The van der Waals surface area contributed by atoms with Gasteiger partial charge in [0, 0.05) is 19.5 Å². The van der Waals surface area contributed by atoms with E-state index in [1.807, 2.05) is 6.92 Å². The van der Waals surface area contributed by atoms with Gasteiger partial charge in [0.05, 0.1) is 23.7 Å². The Morgan fingerprint density at radius 1 is 1.29 bits per heavy atom. The molecule has 2 unspecified atom stereocenters. The van der Waals surface area contributed by atoms with Gasteiger partial charge in [-0.25, -0.2) is 0 Å². The number of fused-ring (bicyclic) bond motifs is 1. The number of benzene rings is 1. The summed E-state index contributed by atoms with van der Waals surface area (Å²) in [5.74, 6) is -0.466. The predicted molar refractivity (Wildman–Crippen MR) is 110 cm³/mol. The minimum Gasteiger partial charge on any atom is -0.459 e. The first-order valence-corrected chi connectivity index (χ1v) is 9.83. The SMILES string of the molecule is CNC(CC(N)C(F)(F)F)c1ccc2c(c1)N(C(=O)c1ccco1)C[C@H](C)N2C(C)=O. The maximum Gasteiger partial charge on any atom is 0.403 e. The fourth-order valence-corrected chi connectivity index (χ4v) is 3.87. The van der Waals surface area contributed by atoms with Crippen molar-refractivity contribution in [2.24, 2.45) is 5.73 Å². The van der Waals surface area contributed by atoms with Gasteiger partial charge in [0.2, 0.25) is 5.91 Å². The van der Waals surface area contributed by atoms with Crippen molar-refractivity contribution >= 4 is 23.2 Å². The topological polar surface area (TPSA) is 91.8 Å². The second-order valence-electron chi connectivity index (χ2n) is 7.60. The van der Waals surface area contributed by atoms with Gasteiger partial charge in [-0.3, -0.25) is 9.59 Å². The Morgan fingerprint density at radius 2 is 2.00 bits per heavy atom. The van der Waals surface area contributed by atoms with E-state index in [1.165, 1.54) is 24.2 Å². The molecule has 31 heavy (non-hydrogen) atoms. The molecule has 3 rings (SSSR count). The van der Waals surface area contributed by atoms with E-state index in [9.17, 15) is 22.8 Å². The Bertz CT molecular complexity index is 946. The molecule has 0 aliphatic carbocycles. The minimum absolute atomic E-state index is 0.129. The Hall–Kier alpha value is -2.85. The summed E-state index contributed by atoms with van der Waals surface area (Å²) in [4.78, 5) is 28.4. The molecule has 168 valence electrons. The van der Waals surface area contributed by atoms with E-state index in [2.05, 4.69) is 5.32 Å². The number of nitrogens with one attached hydrogen (secondary N) is 1. The summed E-state index contributed by atoms with van der Waals surface area (Å²) in [6.07, 6.45) is -3.52. The number of halogens is 3. The van der Waals surface area contributed by atoms with E-state index >= 15 is 0 Å². The number of anilines is 2. The van der Waals surface area contributed by atoms with Crippen LogP contribution < -0.4 is 20.9 Å². The van der Waals surface area contributed by atoms with Crippen molar-refractivity contribution in [3.63, 3.8) is 0 Å². The molecule has 0 radical (unpaired) electrons. The van der Waals surface area contributed by atoms with Crippen molar-refractivity contribution in [2.45, 2.75) is 44.6 Å². The van der Waals surface area contributed by atoms with Crippen LogP contribution in [0.5, 0.6) is 0 Å². The van der Waals surface area contributed by atoms with Gasteiger partial charge in [-0.1, -0.05) is 6.07 Å². The number of alkyl halides is 3. The molecule has 2 heterocycles. The third-order valence-corrected chi connectivity index (χ3v) is 5.41. The van der Waals surface area contributed by atoms with Gasteiger partial charge in [-0.15, -0.1) is 0 Å². The van der Waals surface area contributed by atoms with Crippen LogP contribution in [-0.4, -0.2) is 43.7 Å². The van der Waals surface area contributed by atoms with E-state index < -0.39 is 24.2 Å². The summed E-state index contributed by atoms with van der Waals surface area (Å²) >= 11 is 0. The van der Waals surface area contributed by atoms with Gasteiger partial charge in [0.1, 0.15) is 6.04 Å². The van der Waals surface area contributed by atoms with Gasteiger partial charge in [0.15, 0.2) is 5.76 Å². The highest BCUT2D eigenvalue weighted by Gasteiger charge is 2.39. The fourth-order valence-electron chi connectivity index (χ4n) is 3.87. The molecule has 3 atom stereocenters. The molecular weight excluding hydrogens is 413 g/mol. The van der Waals surface area contributed by atoms with E-state index in [0.717, 1.165) is 0 Å². The molecule has 2 amide bonds. The molecule has 2 aromatic rings. The minimum atomic E-state index is -4.52. The highest BCUT2D eigenvalue weighted by molar-refractivity contribution is 6.09. The number of hydrogen-bond donors (Lipinski definition) is 2. The number of rotatable bonds is 5. The summed E-state index contributed by atoms with van der Waals surface area (Å²) in [7, 11) is 1.54. The Labute approximate surface area is 178 Å². The summed E-state index contributed by atoms with van der Waals surface area (Å²) in [5, 5.41) is 2.86. The van der Waals surface area contributed by atoms with Crippen LogP contribution in [-0.2, 0) is 4.79 Å². The van der Waals surface area contributed by atoms with Crippen LogP contribution >= 0.6 is 0 Å². The van der Waals surface area contributed by atoms with Crippen LogP contribution in [0.4, 0.5) is 24.5 Å². The van der Waals surface area contributed by atoms with Crippen LogP contribution in [0.2, 0.25) is 0 Å². The average Bonchev–Trinajstić information content (AvgIpc) is 3.24. The van der Waals surface area contributed by atoms with Crippen LogP contribution in [0.25, 0.3) is 0 Å². The summed E-state index contributed by atoms with van der Waals surface area (Å²) in [5.41, 5.74) is 6.78. The van der Waals surface area contributed by atoms with Crippen molar-refractivity contribution < 1.29 is 27.2 Å². The number of hydrogen-bond acceptors (Lipinski definition) is 5. The first-order chi connectivity index (χ1) is 14.5. The largest absolute Gasteiger partial charge is 0.459 e. The van der Waals surface area contributed by atoms with E-state index in [1.54, 1.807) is 36.2 Å². The lowest BCUT2D eigenvalue weighted by Gasteiger charge is -2.41. The lowest BCUT2D eigenvalue weighted by molar-refractivity contribution is -0.150. The molecular formula is C21H25F3N4O3. The van der Waals surface area contributed by atoms with E-state index in [0.29, 0.717) is 16.9 Å². The van der Waals surface area contributed by atoms with Crippen LogP contribution in [0.15, 0.2) is 41.0 Å². The lowest BCUT2D eigenvalue weighted by atomic mass is 9.96. The normalized spacial score (nSPS) is 18.5. The van der Waals surface area contributed by atoms with Gasteiger partial charge in [-0.05, 0) is 50.2 Å². The van der Waals surface area contributed by atoms with Crippen molar-refractivity contribution in [3.05, 3.63) is 47.9 Å². The Kier molecular flexibility index (Phi) is 6.42. The zero-order chi connectivity index (χ0) is 22.9. The molecule has 10 heteroatoms. The summed E-state index contributed by atoms with van der Waals surface area (Å²) < 4.78 is 44.2. The molecule has 3 N–H and O–H groups in total. The number of amides is 2. The summed E-state index contributed by atoms with van der Waals surface area (Å²) in [6, 6.07) is 5.04. The van der Waals surface area contributed by atoms with Crippen molar-refractivity contribution in [1.29, 1.82) is 0 Å². The second kappa shape index (κ2) is 8.72. The van der Waals surface area contributed by atoms with Gasteiger partial charge >= 0.3 is 6.18 Å². The van der Waals surface area contributed by atoms with Crippen LogP contribution in [0.1, 0.15) is 42.4 Å². The predicted octanol–water partition coefficient (Wildman–Crippen LogP) is 3.22. The Balaban J connectivity index is 2.04.